The third-order valence-electron chi connectivity index (χ3n) is 6.66. The maximum absolute atomic E-state index is 13.7. The van der Waals surface area contributed by atoms with Gasteiger partial charge in [0.1, 0.15) is 0 Å². The standard InChI is InChI=1S/C28H34N2O2S/c1-2-27-15-9-10-20-29(27)21-22-30(23-24-11-5-3-6-12-24)33(31,32)28-18-16-26(17-19-28)25-13-7-4-8-14-25/h3-8,11-14,16-19,27H,2,9-10,15,20-23H2,1H3. The lowest BCUT2D eigenvalue weighted by molar-refractivity contribution is 0.135. The summed E-state index contributed by atoms with van der Waals surface area (Å²) in [5.74, 6) is 0. The summed E-state index contributed by atoms with van der Waals surface area (Å²) in [5.41, 5.74) is 3.11. The summed E-state index contributed by atoms with van der Waals surface area (Å²) in [7, 11) is -3.62. The number of sulfonamides is 1. The Kier molecular flexibility index (Phi) is 7.97. The lowest BCUT2D eigenvalue weighted by Crippen LogP contribution is -2.44. The highest BCUT2D eigenvalue weighted by atomic mass is 32.2. The van der Waals surface area contributed by atoms with Crippen LogP contribution >= 0.6 is 0 Å². The third kappa shape index (κ3) is 5.91. The van der Waals surface area contributed by atoms with Gasteiger partial charge in [0.05, 0.1) is 4.90 Å². The van der Waals surface area contributed by atoms with Gasteiger partial charge in [-0.15, -0.1) is 0 Å². The fourth-order valence-electron chi connectivity index (χ4n) is 4.73. The fourth-order valence-corrected chi connectivity index (χ4v) is 6.15. The minimum atomic E-state index is -3.62. The second-order valence-electron chi connectivity index (χ2n) is 8.81. The highest BCUT2D eigenvalue weighted by molar-refractivity contribution is 7.89. The van der Waals surface area contributed by atoms with Crippen LogP contribution in [-0.4, -0.2) is 43.3 Å². The second kappa shape index (κ2) is 11.1. The number of hydrogen-bond donors (Lipinski definition) is 0. The molecule has 1 saturated heterocycles. The Labute approximate surface area is 198 Å². The van der Waals surface area contributed by atoms with Gasteiger partial charge in [-0.3, -0.25) is 4.90 Å². The molecule has 0 bridgehead atoms. The maximum Gasteiger partial charge on any atom is 0.243 e. The molecule has 33 heavy (non-hydrogen) atoms. The molecule has 0 spiro atoms. The van der Waals surface area contributed by atoms with Gasteiger partial charge in [0.15, 0.2) is 0 Å². The molecule has 0 aliphatic carbocycles. The average molecular weight is 463 g/mol. The van der Waals surface area contributed by atoms with Gasteiger partial charge in [0.2, 0.25) is 10.0 Å². The predicted molar refractivity (Wildman–Crippen MR) is 135 cm³/mol. The van der Waals surface area contributed by atoms with E-state index in [1.807, 2.05) is 72.8 Å². The van der Waals surface area contributed by atoms with E-state index in [0.29, 0.717) is 24.0 Å². The number of nitrogens with zero attached hydrogens (tertiary/aromatic N) is 2. The summed E-state index contributed by atoms with van der Waals surface area (Å²) in [6.45, 7) is 4.94. The van der Waals surface area contributed by atoms with Crippen LogP contribution in [0.2, 0.25) is 0 Å². The molecule has 0 N–H and O–H groups in total. The van der Waals surface area contributed by atoms with Crippen LogP contribution in [0.3, 0.4) is 0 Å². The van der Waals surface area contributed by atoms with Crippen LogP contribution in [0.15, 0.2) is 89.8 Å². The number of hydrogen-bond acceptors (Lipinski definition) is 3. The Morgan fingerprint density at radius 3 is 2.15 bits per heavy atom. The Hall–Kier alpha value is -2.47. The van der Waals surface area contributed by atoms with Gasteiger partial charge >= 0.3 is 0 Å². The van der Waals surface area contributed by atoms with Crippen LogP contribution in [0.1, 0.15) is 38.2 Å². The molecular weight excluding hydrogens is 428 g/mol. The third-order valence-corrected chi connectivity index (χ3v) is 8.52. The quantitative estimate of drug-likeness (QED) is 0.403. The largest absolute Gasteiger partial charge is 0.299 e. The van der Waals surface area contributed by atoms with Crippen molar-refractivity contribution in [3.05, 3.63) is 90.5 Å². The van der Waals surface area contributed by atoms with E-state index in [1.54, 1.807) is 16.4 Å². The zero-order valence-electron chi connectivity index (χ0n) is 19.4. The normalized spacial score (nSPS) is 17.3. The number of likely N-dealkylation sites (tertiary alicyclic amines) is 1. The van der Waals surface area contributed by atoms with Crippen molar-refractivity contribution in [1.82, 2.24) is 9.21 Å². The topological polar surface area (TPSA) is 40.6 Å². The van der Waals surface area contributed by atoms with E-state index in [1.165, 1.54) is 19.3 Å². The summed E-state index contributed by atoms with van der Waals surface area (Å²) in [6.07, 6.45) is 4.80. The Morgan fingerprint density at radius 1 is 0.848 bits per heavy atom. The first-order valence-electron chi connectivity index (χ1n) is 12.0. The first kappa shape index (κ1) is 23.7. The summed E-state index contributed by atoms with van der Waals surface area (Å²) >= 11 is 0. The molecule has 0 aromatic heterocycles. The molecule has 3 aromatic rings. The van der Waals surface area contributed by atoms with Crippen molar-refractivity contribution in [2.75, 3.05) is 19.6 Å². The monoisotopic (exact) mass is 462 g/mol. The van der Waals surface area contributed by atoms with E-state index in [0.717, 1.165) is 36.2 Å². The van der Waals surface area contributed by atoms with Crippen LogP contribution < -0.4 is 0 Å². The van der Waals surface area contributed by atoms with Crippen molar-refractivity contribution in [3.63, 3.8) is 0 Å². The molecule has 5 heteroatoms. The molecule has 1 fully saturated rings. The van der Waals surface area contributed by atoms with Crippen LogP contribution in [0.4, 0.5) is 0 Å². The van der Waals surface area contributed by atoms with Crippen molar-refractivity contribution in [2.45, 2.75) is 50.1 Å². The van der Waals surface area contributed by atoms with E-state index < -0.39 is 10.0 Å². The summed E-state index contributed by atoms with van der Waals surface area (Å²) in [6, 6.07) is 27.8. The van der Waals surface area contributed by atoms with E-state index in [4.69, 9.17) is 0 Å². The molecule has 4 nitrogen and oxygen atoms in total. The van der Waals surface area contributed by atoms with Crippen LogP contribution in [0, 0.1) is 0 Å². The Balaban J connectivity index is 1.56. The molecule has 4 rings (SSSR count). The number of rotatable bonds is 9. The van der Waals surface area contributed by atoms with Crippen LogP contribution in [0.5, 0.6) is 0 Å². The fraction of sp³-hybridized carbons (Fsp3) is 0.357. The van der Waals surface area contributed by atoms with E-state index in [-0.39, 0.29) is 0 Å². The lowest BCUT2D eigenvalue weighted by Gasteiger charge is -2.36. The van der Waals surface area contributed by atoms with Crippen molar-refractivity contribution >= 4 is 10.0 Å². The highest BCUT2D eigenvalue weighted by Gasteiger charge is 2.27. The van der Waals surface area contributed by atoms with Crippen molar-refractivity contribution < 1.29 is 8.42 Å². The molecule has 3 aromatic carbocycles. The van der Waals surface area contributed by atoms with E-state index in [9.17, 15) is 8.42 Å². The molecule has 1 heterocycles. The number of benzene rings is 3. The van der Waals surface area contributed by atoms with Gasteiger partial charge in [0.25, 0.3) is 0 Å². The predicted octanol–water partition coefficient (Wildman–Crippen LogP) is 5.81. The van der Waals surface area contributed by atoms with Crippen molar-refractivity contribution in [1.29, 1.82) is 0 Å². The van der Waals surface area contributed by atoms with E-state index in [2.05, 4.69) is 11.8 Å². The Bertz CT molecular complexity index is 1100. The molecular formula is C28H34N2O2S. The van der Waals surface area contributed by atoms with Gasteiger partial charge in [-0.2, -0.15) is 4.31 Å². The maximum atomic E-state index is 13.7. The molecule has 0 amide bonds. The zero-order valence-corrected chi connectivity index (χ0v) is 20.3. The summed E-state index contributed by atoms with van der Waals surface area (Å²) in [4.78, 5) is 2.83. The first-order chi connectivity index (χ1) is 16.1. The summed E-state index contributed by atoms with van der Waals surface area (Å²) in [5, 5.41) is 0. The van der Waals surface area contributed by atoms with Gasteiger partial charge in [-0.25, -0.2) is 8.42 Å². The van der Waals surface area contributed by atoms with Gasteiger partial charge in [0, 0.05) is 25.7 Å². The Morgan fingerprint density at radius 2 is 1.48 bits per heavy atom. The molecule has 1 atom stereocenters. The van der Waals surface area contributed by atoms with Crippen LogP contribution in [-0.2, 0) is 16.6 Å². The van der Waals surface area contributed by atoms with E-state index >= 15 is 0 Å². The molecule has 174 valence electrons. The average Bonchev–Trinajstić information content (AvgIpc) is 2.88. The van der Waals surface area contributed by atoms with Gasteiger partial charge in [-0.1, -0.05) is 86.1 Å². The van der Waals surface area contributed by atoms with Crippen molar-refractivity contribution in [3.8, 4) is 11.1 Å². The lowest BCUT2D eigenvalue weighted by atomic mass is 10.0. The van der Waals surface area contributed by atoms with Gasteiger partial charge < -0.3 is 0 Å². The molecule has 0 saturated carbocycles. The van der Waals surface area contributed by atoms with Crippen molar-refractivity contribution in [2.24, 2.45) is 0 Å². The summed E-state index contributed by atoms with van der Waals surface area (Å²) < 4.78 is 29.1. The molecule has 0 radical (unpaired) electrons. The minimum absolute atomic E-state index is 0.351. The molecule has 1 aliphatic rings. The first-order valence-corrected chi connectivity index (χ1v) is 13.5. The highest BCUT2D eigenvalue weighted by Crippen LogP contribution is 2.25. The SMILES string of the molecule is CCC1CCCCN1CCN(Cc1ccccc1)S(=O)(=O)c1ccc(-c2ccccc2)cc1. The molecule has 1 aliphatic heterocycles. The van der Waals surface area contributed by atoms with Crippen LogP contribution in [0.25, 0.3) is 11.1 Å². The minimum Gasteiger partial charge on any atom is -0.299 e. The zero-order chi connectivity index (χ0) is 23.1. The molecule has 1 unspecified atom stereocenters. The smallest absolute Gasteiger partial charge is 0.243 e. The number of piperidine rings is 1. The second-order valence-corrected chi connectivity index (χ2v) is 10.7. The van der Waals surface area contributed by atoms with Gasteiger partial charge in [-0.05, 0) is 54.6 Å².